The summed E-state index contributed by atoms with van der Waals surface area (Å²) in [6, 6.07) is 0. The van der Waals surface area contributed by atoms with Crippen LogP contribution in [-0.2, 0) is 9.59 Å². The second kappa shape index (κ2) is 9.18. The largest absolute Gasteiger partial charge is 0.348 e. The molecule has 0 aromatic carbocycles. The lowest BCUT2D eigenvalue weighted by atomic mass is 9.90. The van der Waals surface area contributed by atoms with Crippen LogP contribution in [-0.4, -0.2) is 97.9 Å². The zero-order chi connectivity index (χ0) is 19.3. The van der Waals surface area contributed by atoms with E-state index in [0.717, 1.165) is 58.7 Å². The van der Waals surface area contributed by atoms with E-state index in [4.69, 9.17) is 0 Å². The third kappa shape index (κ3) is 6.88. The summed E-state index contributed by atoms with van der Waals surface area (Å²) in [5.74, 6) is 1.20. The molecule has 2 heterocycles. The number of amides is 2. The topological polar surface area (TPSA) is 47.1 Å². The normalized spacial score (nSPS) is 21.0. The summed E-state index contributed by atoms with van der Waals surface area (Å²) in [4.78, 5) is 32.7. The van der Waals surface area contributed by atoms with Gasteiger partial charge in [-0.2, -0.15) is 0 Å². The highest BCUT2D eigenvalue weighted by Crippen LogP contribution is 2.24. The van der Waals surface area contributed by atoms with Crippen LogP contribution < -0.4 is 0 Å². The van der Waals surface area contributed by atoms with E-state index in [0.29, 0.717) is 24.8 Å². The van der Waals surface area contributed by atoms with Crippen LogP contribution in [0.4, 0.5) is 0 Å². The summed E-state index contributed by atoms with van der Waals surface area (Å²) in [5.41, 5.74) is 0.0710. The van der Waals surface area contributed by atoms with Gasteiger partial charge >= 0.3 is 0 Å². The molecule has 6 heteroatoms. The predicted octanol–water partition coefficient (Wildman–Crippen LogP) is 1.37. The van der Waals surface area contributed by atoms with E-state index in [1.807, 2.05) is 14.1 Å². The molecule has 0 N–H and O–H groups in total. The molecule has 0 unspecified atom stereocenters. The minimum Gasteiger partial charge on any atom is -0.348 e. The molecule has 26 heavy (non-hydrogen) atoms. The van der Waals surface area contributed by atoms with E-state index in [-0.39, 0.29) is 11.3 Å². The SMILES string of the molecule is CN(C)C(=O)CN1CCN(CC2CCN(C(=O)CC(C)(C)C)CC2)CC1. The van der Waals surface area contributed by atoms with Crippen molar-refractivity contribution < 1.29 is 9.59 Å². The van der Waals surface area contributed by atoms with E-state index in [1.54, 1.807) is 4.90 Å². The van der Waals surface area contributed by atoms with Gasteiger partial charge < -0.3 is 14.7 Å². The van der Waals surface area contributed by atoms with Crippen LogP contribution in [0.25, 0.3) is 0 Å². The second-order valence-electron chi connectivity index (χ2n) is 9.43. The van der Waals surface area contributed by atoms with Gasteiger partial charge in [0.15, 0.2) is 0 Å². The molecule has 2 aliphatic heterocycles. The fourth-order valence-corrected chi connectivity index (χ4v) is 3.76. The summed E-state index contributed by atoms with van der Waals surface area (Å²) in [6.45, 7) is 13.9. The fourth-order valence-electron chi connectivity index (χ4n) is 3.76. The summed E-state index contributed by atoms with van der Waals surface area (Å²) >= 11 is 0. The Morgan fingerprint density at radius 2 is 1.46 bits per heavy atom. The van der Waals surface area contributed by atoms with Crippen LogP contribution in [0.5, 0.6) is 0 Å². The molecule has 2 saturated heterocycles. The van der Waals surface area contributed by atoms with Crippen LogP contribution in [0.1, 0.15) is 40.0 Å². The summed E-state index contributed by atoms with van der Waals surface area (Å²) in [5, 5.41) is 0. The first-order chi connectivity index (χ1) is 12.1. The molecule has 0 atom stereocenters. The van der Waals surface area contributed by atoms with Crippen molar-refractivity contribution in [2.24, 2.45) is 11.3 Å². The van der Waals surface area contributed by atoms with Crippen molar-refractivity contribution in [1.82, 2.24) is 19.6 Å². The second-order valence-corrected chi connectivity index (χ2v) is 9.43. The molecule has 6 nitrogen and oxygen atoms in total. The average molecular weight is 367 g/mol. The van der Waals surface area contributed by atoms with Gasteiger partial charge in [0, 0.05) is 66.3 Å². The lowest BCUT2D eigenvalue weighted by Crippen LogP contribution is -2.51. The van der Waals surface area contributed by atoms with Gasteiger partial charge in [-0.25, -0.2) is 0 Å². The first-order valence-electron chi connectivity index (χ1n) is 10.1. The lowest BCUT2D eigenvalue weighted by Gasteiger charge is -2.39. The van der Waals surface area contributed by atoms with Gasteiger partial charge in [-0.15, -0.1) is 0 Å². The zero-order valence-electron chi connectivity index (χ0n) is 17.5. The highest BCUT2D eigenvalue weighted by atomic mass is 16.2. The third-order valence-corrected chi connectivity index (χ3v) is 5.49. The van der Waals surface area contributed by atoms with Crippen LogP contribution >= 0.6 is 0 Å². The Morgan fingerprint density at radius 3 is 1.96 bits per heavy atom. The molecule has 0 aromatic rings. The van der Waals surface area contributed by atoms with E-state index in [1.165, 1.54) is 0 Å². The number of nitrogens with zero attached hydrogens (tertiary/aromatic N) is 4. The van der Waals surface area contributed by atoms with Gasteiger partial charge in [0.1, 0.15) is 0 Å². The van der Waals surface area contributed by atoms with Crippen molar-refractivity contribution in [2.45, 2.75) is 40.0 Å². The smallest absolute Gasteiger partial charge is 0.236 e. The summed E-state index contributed by atoms with van der Waals surface area (Å²) < 4.78 is 0. The molecule has 0 aromatic heterocycles. The van der Waals surface area contributed by atoms with Gasteiger partial charge in [-0.05, 0) is 24.2 Å². The molecule has 0 spiro atoms. The van der Waals surface area contributed by atoms with Gasteiger partial charge in [0.2, 0.25) is 11.8 Å². The average Bonchev–Trinajstić information content (AvgIpc) is 2.55. The zero-order valence-corrected chi connectivity index (χ0v) is 17.5. The quantitative estimate of drug-likeness (QED) is 0.737. The molecule has 2 amide bonds. The Bertz CT molecular complexity index is 471. The first kappa shape index (κ1) is 21.2. The van der Waals surface area contributed by atoms with Gasteiger partial charge in [-0.1, -0.05) is 20.8 Å². The Balaban J connectivity index is 1.66. The Labute approximate surface area is 159 Å². The number of hydrogen-bond donors (Lipinski definition) is 0. The molecule has 2 aliphatic rings. The van der Waals surface area contributed by atoms with E-state index in [2.05, 4.69) is 35.5 Å². The van der Waals surface area contributed by atoms with Crippen molar-refractivity contribution in [3.05, 3.63) is 0 Å². The van der Waals surface area contributed by atoms with E-state index >= 15 is 0 Å². The molecule has 2 rings (SSSR count). The third-order valence-electron chi connectivity index (χ3n) is 5.49. The Kier molecular flexibility index (Phi) is 7.47. The number of piperazine rings is 1. The number of likely N-dealkylation sites (N-methyl/N-ethyl adjacent to an activating group) is 1. The van der Waals surface area contributed by atoms with E-state index < -0.39 is 0 Å². The number of rotatable bonds is 5. The van der Waals surface area contributed by atoms with Gasteiger partial charge in [0.25, 0.3) is 0 Å². The molecule has 2 fully saturated rings. The molecule has 0 radical (unpaired) electrons. The summed E-state index contributed by atoms with van der Waals surface area (Å²) in [6.07, 6.45) is 2.88. The first-order valence-corrected chi connectivity index (χ1v) is 10.1. The molecule has 0 aliphatic carbocycles. The van der Waals surface area contributed by atoms with Crippen molar-refractivity contribution in [3.63, 3.8) is 0 Å². The van der Waals surface area contributed by atoms with Crippen LogP contribution in [0.15, 0.2) is 0 Å². The number of piperidine rings is 1. The van der Waals surface area contributed by atoms with Crippen molar-refractivity contribution in [2.75, 3.05) is 66.5 Å². The van der Waals surface area contributed by atoms with Crippen LogP contribution in [0, 0.1) is 11.3 Å². The predicted molar refractivity (Wildman–Crippen MR) is 105 cm³/mol. The maximum atomic E-state index is 12.4. The summed E-state index contributed by atoms with van der Waals surface area (Å²) in [7, 11) is 3.63. The van der Waals surface area contributed by atoms with Crippen molar-refractivity contribution >= 4 is 11.8 Å². The highest BCUT2D eigenvalue weighted by molar-refractivity contribution is 5.77. The fraction of sp³-hybridized carbons (Fsp3) is 0.900. The van der Waals surface area contributed by atoms with Gasteiger partial charge in [-0.3, -0.25) is 14.5 Å². The Hall–Kier alpha value is -1.14. The van der Waals surface area contributed by atoms with Gasteiger partial charge in [0.05, 0.1) is 6.54 Å². The molecular weight excluding hydrogens is 328 g/mol. The van der Waals surface area contributed by atoms with E-state index in [9.17, 15) is 9.59 Å². The Morgan fingerprint density at radius 1 is 0.923 bits per heavy atom. The maximum absolute atomic E-state index is 12.4. The van der Waals surface area contributed by atoms with Crippen LogP contribution in [0.2, 0.25) is 0 Å². The molecular formula is C20H38N4O2. The van der Waals surface area contributed by atoms with Crippen molar-refractivity contribution in [3.8, 4) is 0 Å². The van der Waals surface area contributed by atoms with Crippen LogP contribution in [0.3, 0.4) is 0 Å². The molecule has 0 bridgehead atoms. The molecule has 0 saturated carbocycles. The standard InChI is InChI=1S/C20H38N4O2/c1-20(2,3)14-18(25)24-8-6-17(7-9-24)15-22-10-12-23(13-11-22)16-19(26)21(4)5/h17H,6-16H2,1-5H3. The highest BCUT2D eigenvalue weighted by Gasteiger charge is 2.28. The maximum Gasteiger partial charge on any atom is 0.236 e. The monoisotopic (exact) mass is 366 g/mol. The minimum absolute atomic E-state index is 0.0710. The minimum atomic E-state index is 0.0710. The number of likely N-dealkylation sites (tertiary alicyclic amines) is 1. The lowest BCUT2D eigenvalue weighted by molar-refractivity contribution is -0.134. The van der Waals surface area contributed by atoms with Crippen molar-refractivity contribution in [1.29, 1.82) is 0 Å². The number of carbonyl (C=O) groups is 2. The number of hydrogen-bond acceptors (Lipinski definition) is 4. The molecule has 150 valence electrons. The number of carbonyl (C=O) groups excluding carboxylic acids is 2.